The quantitative estimate of drug-likeness (QED) is 0.337. The third-order valence-electron chi connectivity index (χ3n) is 2.87. The zero-order valence-corrected chi connectivity index (χ0v) is 13.4. The first-order chi connectivity index (χ1) is 10.7. The highest BCUT2D eigenvalue weighted by Gasteiger charge is 2.30. The van der Waals surface area contributed by atoms with E-state index in [1.807, 2.05) is 0 Å². The van der Waals surface area contributed by atoms with Crippen LogP contribution in [0.4, 0.5) is 5.69 Å². The molecule has 0 atom stereocenters. The highest BCUT2D eigenvalue weighted by molar-refractivity contribution is 5.69. The molecular formula is C14H17NO8. The predicted molar refractivity (Wildman–Crippen MR) is 77.2 cm³/mol. The molecule has 0 spiro atoms. The molecule has 0 N–H and O–H groups in total. The molecule has 0 saturated heterocycles. The smallest absolute Gasteiger partial charge is 0.312 e. The number of esters is 2. The van der Waals surface area contributed by atoms with Crippen LogP contribution in [-0.2, 0) is 19.1 Å². The molecule has 1 rings (SSSR count). The van der Waals surface area contributed by atoms with Crippen LogP contribution in [0.3, 0.4) is 0 Å². The predicted octanol–water partition coefficient (Wildman–Crippen LogP) is 2.05. The molecule has 0 fully saturated rings. The molecule has 0 aliphatic heterocycles. The Hall–Kier alpha value is -2.84. The summed E-state index contributed by atoms with van der Waals surface area (Å²) in [4.78, 5) is 33.0. The van der Waals surface area contributed by atoms with Crippen molar-refractivity contribution in [2.75, 3.05) is 14.2 Å². The van der Waals surface area contributed by atoms with Gasteiger partial charge in [0.25, 0.3) is 6.29 Å². The van der Waals surface area contributed by atoms with Crippen molar-refractivity contribution < 1.29 is 33.5 Å². The number of rotatable bonds is 6. The molecule has 0 heterocycles. The molecule has 0 saturated carbocycles. The maximum absolute atomic E-state index is 11.2. The number of benzene rings is 1. The zero-order valence-electron chi connectivity index (χ0n) is 13.4. The summed E-state index contributed by atoms with van der Waals surface area (Å²) in [6.45, 7) is 3.77. The second-order valence-corrected chi connectivity index (χ2v) is 4.48. The van der Waals surface area contributed by atoms with Crippen molar-refractivity contribution in [3.63, 3.8) is 0 Å². The monoisotopic (exact) mass is 327 g/mol. The van der Waals surface area contributed by atoms with Gasteiger partial charge in [0, 0.05) is 25.5 Å². The Bertz CT molecular complexity index is 624. The van der Waals surface area contributed by atoms with Crippen LogP contribution in [0.25, 0.3) is 0 Å². The van der Waals surface area contributed by atoms with Crippen LogP contribution in [0, 0.1) is 17.0 Å². The van der Waals surface area contributed by atoms with Crippen molar-refractivity contribution >= 4 is 17.6 Å². The van der Waals surface area contributed by atoms with Crippen LogP contribution < -0.4 is 9.47 Å². The van der Waals surface area contributed by atoms with E-state index in [0.717, 1.165) is 19.9 Å². The summed E-state index contributed by atoms with van der Waals surface area (Å²) in [7, 11) is 2.61. The van der Waals surface area contributed by atoms with Gasteiger partial charge in [0.05, 0.1) is 24.7 Å². The Morgan fingerprint density at radius 2 is 1.57 bits per heavy atom. The van der Waals surface area contributed by atoms with Gasteiger partial charge in [0.1, 0.15) is 5.75 Å². The number of ether oxygens (including phenoxy) is 4. The van der Waals surface area contributed by atoms with Gasteiger partial charge < -0.3 is 18.9 Å². The minimum absolute atomic E-state index is 0.000000000000000444. The summed E-state index contributed by atoms with van der Waals surface area (Å²) in [5.41, 5.74) is -0.0310. The summed E-state index contributed by atoms with van der Waals surface area (Å²) in [6.07, 6.45) is -1.47. The summed E-state index contributed by atoms with van der Waals surface area (Å²) < 4.78 is 20.1. The number of nitro benzene ring substituents is 1. The van der Waals surface area contributed by atoms with Gasteiger partial charge in [0.15, 0.2) is 0 Å². The first-order valence-corrected chi connectivity index (χ1v) is 6.47. The Morgan fingerprint density at radius 3 is 1.91 bits per heavy atom. The van der Waals surface area contributed by atoms with Gasteiger partial charge in [-0.05, 0) is 6.92 Å². The lowest BCUT2D eigenvalue weighted by Gasteiger charge is -2.21. The van der Waals surface area contributed by atoms with E-state index in [4.69, 9.17) is 18.9 Å². The number of carbonyl (C=O) groups is 2. The third-order valence-corrected chi connectivity index (χ3v) is 2.87. The van der Waals surface area contributed by atoms with E-state index in [1.54, 1.807) is 0 Å². The molecule has 9 heteroatoms. The normalized spacial score (nSPS) is 10.2. The molecule has 126 valence electrons. The van der Waals surface area contributed by atoms with E-state index in [1.165, 1.54) is 21.1 Å². The number of nitrogens with zero attached hydrogens (tertiary/aromatic N) is 1. The van der Waals surface area contributed by atoms with Gasteiger partial charge in [-0.3, -0.25) is 19.7 Å². The summed E-state index contributed by atoms with van der Waals surface area (Å²) in [5, 5.41) is 11.2. The Morgan fingerprint density at radius 1 is 1.09 bits per heavy atom. The fourth-order valence-electron chi connectivity index (χ4n) is 2.08. The number of methoxy groups -OCH3 is 2. The highest BCUT2D eigenvalue weighted by atomic mass is 16.7. The van der Waals surface area contributed by atoms with Crippen molar-refractivity contribution in [2.45, 2.75) is 27.1 Å². The Labute approximate surface area is 132 Å². The van der Waals surface area contributed by atoms with Gasteiger partial charge in [0.2, 0.25) is 5.75 Å². The number of carbonyl (C=O) groups excluding carboxylic acids is 2. The molecule has 1 aromatic rings. The molecule has 9 nitrogen and oxygen atoms in total. The Balaban J connectivity index is 3.60. The van der Waals surface area contributed by atoms with Gasteiger partial charge in [-0.2, -0.15) is 0 Å². The van der Waals surface area contributed by atoms with Gasteiger partial charge >= 0.3 is 17.6 Å². The van der Waals surface area contributed by atoms with Crippen LogP contribution in [0.5, 0.6) is 11.5 Å². The largest absolute Gasteiger partial charge is 0.496 e. The van der Waals surface area contributed by atoms with E-state index in [2.05, 4.69) is 0 Å². The van der Waals surface area contributed by atoms with Gasteiger partial charge in [-0.1, -0.05) is 0 Å². The van der Waals surface area contributed by atoms with Crippen LogP contribution >= 0.6 is 0 Å². The minimum Gasteiger partial charge on any atom is -0.496 e. The molecule has 0 bridgehead atoms. The summed E-state index contributed by atoms with van der Waals surface area (Å²) in [6, 6.07) is 1.08. The number of hydrogen-bond acceptors (Lipinski definition) is 8. The molecule has 0 aromatic heterocycles. The van der Waals surface area contributed by atoms with Crippen LogP contribution in [0.2, 0.25) is 0 Å². The Kier molecular flexibility index (Phi) is 5.88. The summed E-state index contributed by atoms with van der Waals surface area (Å²) in [5.74, 6) is -1.30. The first kappa shape index (κ1) is 18.2. The zero-order chi connectivity index (χ0) is 17.7. The van der Waals surface area contributed by atoms with Crippen molar-refractivity contribution in [2.24, 2.45) is 0 Å². The van der Waals surface area contributed by atoms with Crippen LogP contribution in [0.15, 0.2) is 6.07 Å². The van der Waals surface area contributed by atoms with Crippen molar-refractivity contribution in [3.05, 3.63) is 27.3 Å². The standard InChI is InChI=1S/C14H17NO8/c1-7-12(20-4)10(6-11(15(18)19)13(7)21-5)14(22-8(2)16)23-9(3)17/h6,14H,1-5H3. The molecule has 0 aliphatic carbocycles. The van der Waals surface area contributed by atoms with E-state index in [-0.39, 0.29) is 22.7 Å². The van der Waals surface area contributed by atoms with Crippen molar-refractivity contribution in [1.82, 2.24) is 0 Å². The second kappa shape index (κ2) is 7.43. The molecule has 0 radical (unpaired) electrons. The maximum atomic E-state index is 11.2. The fourth-order valence-corrected chi connectivity index (χ4v) is 2.08. The van der Waals surface area contributed by atoms with E-state index < -0.39 is 23.2 Å². The first-order valence-electron chi connectivity index (χ1n) is 6.47. The molecule has 0 aliphatic rings. The third kappa shape index (κ3) is 4.09. The topological polar surface area (TPSA) is 114 Å². The maximum Gasteiger partial charge on any atom is 0.312 e. The molecule has 0 amide bonds. The number of hydrogen-bond donors (Lipinski definition) is 0. The molecule has 0 unspecified atom stereocenters. The van der Waals surface area contributed by atoms with Crippen molar-refractivity contribution in [1.29, 1.82) is 0 Å². The lowest BCUT2D eigenvalue weighted by molar-refractivity contribution is -0.386. The lowest BCUT2D eigenvalue weighted by atomic mass is 10.1. The van der Waals surface area contributed by atoms with Crippen molar-refractivity contribution in [3.8, 4) is 11.5 Å². The fraction of sp³-hybridized carbons (Fsp3) is 0.429. The number of nitro groups is 1. The average molecular weight is 327 g/mol. The summed E-state index contributed by atoms with van der Waals surface area (Å²) >= 11 is 0. The van der Waals surface area contributed by atoms with Crippen LogP contribution in [-0.4, -0.2) is 31.1 Å². The molecular weight excluding hydrogens is 310 g/mol. The van der Waals surface area contributed by atoms with E-state index >= 15 is 0 Å². The SMILES string of the molecule is COc1c(C(OC(C)=O)OC(C)=O)cc([N+](=O)[O-])c(OC)c1C. The van der Waals surface area contributed by atoms with Gasteiger partial charge in [-0.15, -0.1) is 0 Å². The van der Waals surface area contributed by atoms with E-state index in [0.29, 0.717) is 5.56 Å². The van der Waals surface area contributed by atoms with E-state index in [9.17, 15) is 19.7 Å². The minimum atomic E-state index is -1.47. The molecule has 1 aromatic carbocycles. The average Bonchev–Trinajstić information content (AvgIpc) is 2.44. The lowest BCUT2D eigenvalue weighted by Crippen LogP contribution is -2.17. The molecule has 23 heavy (non-hydrogen) atoms. The second-order valence-electron chi connectivity index (χ2n) is 4.48. The van der Waals surface area contributed by atoms with Crippen LogP contribution in [0.1, 0.15) is 31.3 Å². The van der Waals surface area contributed by atoms with Gasteiger partial charge in [-0.25, -0.2) is 0 Å². The highest BCUT2D eigenvalue weighted by Crippen LogP contribution is 2.42.